The van der Waals surface area contributed by atoms with Crippen molar-refractivity contribution in [3.63, 3.8) is 0 Å². The van der Waals surface area contributed by atoms with Crippen LogP contribution in [0.5, 0.6) is 11.5 Å². The molecule has 0 radical (unpaired) electrons. The molecule has 26 heavy (non-hydrogen) atoms. The average molecular weight is 369 g/mol. The van der Waals surface area contributed by atoms with E-state index in [1.807, 2.05) is 38.1 Å². The van der Waals surface area contributed by atoms with Gasteiger partial charge in [0.05, 0.1) is 12.4 Å². The predicted octanol–water partition coefficient (Wildman–Crippen LogP) is 3.88. The zero-order valence-electron chi connectivity index (χ0n) is 14.6. The Hall–Kier alpha value is -2.80. The maximum atomic E-state index is 12.0. The van der Waals surface area contributed by atoms with Crippen LogP contribution in [0.4, 0.5) is 0 Å². The molecule has 0 amide bonds. The Morgan fingerprint density at radius 3 is 2.46 bits per heavy atom. The van der Waals surface area contributed by atoms with Gasteiger partial charge in [0.15, 0.2) is 5.82 Å². The van der Waals surface area contributed by atoms with E-state index >= 15 is 0 Å². The summed E-state index contributed by atoms with van der Waals surface area (Å²) >= 11 is 1.22. The largest absolute Gasteiger partial charge is 0.494 e. The quantitative estimate of drug-likeness (QED) is 0.387. The first-order chi connectivity index (χ1) is 12.6. The van der Waals surface area contributed by atoms with Gasteiger partial charge in [-0.2, -0.15) is 0 Å². The normalized spacial score (nSPS) is 10.5. The van der Waals surface area contributed by atoms with Crippen LogP contribution in [0.25, 0.3) is 11.4 Å². The van der Waals surface area contributed by atoms with E-state index in [9.17, 15) is 4.79 Å². The number of rotatable bonds is 7. The fourth-order valence-corrected chi connectivity index (χ4v) is 2.78. The van der Waals surface area contributed by atoms with Crippen LogP contribution >= 0.6 is 11.8 Å². The lowest BCUT2D eigenvalue weighted by Gasteiger charge is -2.05. The summed E-state index contributed by atoms with van der Waals surface area (Å²) in [6.45, 7) is 4.54. The Balaban J connectivity index is 1.52. The number of nitrogens with one attached hydrogen (secondary N) is 1. The number of nitrogens with zero attached hydrogens (tertiary/aromatic N) is 2. The maximum absolute atomic E-state index is 12.0. The molecule has 1 N–H and O–H groups in total. The van der Waals surface area contributed by atoms with Crippen molar-refractivity contribution < 1.29 is 14.3 Å². The number of aromatic nitrogens is 3. The second-order valence-corrected chi connectivity index (χ2v) is 6.44. The summed E-state index contributed by atoms with van der Waals surface area (Å²) in [4.78, 5) is 16.4. The lowest BCUT2D eigenvalue weighted by Crippen LogP contribution is -2.10. The van der Waals surface area contributed by atoms with Crippen LogP contribution < -0.4 is 9.47 Å². The summed E-state index contributed by atoms with van der Waals surface area (Å²) in [5.74, 6) is 1.66. The number of esters is 1. The van der Waals surface area contributed by atoms with Crippen LogP contribution in [0, 0.1) is 6.92 Å². The van der Waals surface area contributed by atoms with Gasteiger partial charge in [-0.1, -0.05) is 41.6 Å². The van der Waals surface area contributed by atoms with Gasteiger partial charge >= 0.3 is 5.97 Å². The van der Waals surface area contributed by atoms with Crippen molar-refractivity contribution in [3.8, 4) is 22.9 Å². The minimum Gasteiger partial charge on any atom is -0.494 e. The van der Waals surface area contributed by atoms with E-state index in [1.165, 1.54) is 17.3 Å². The molecule has 0 aliphatic heterocycles. The molecular weight excluding hydrogens is 350 g/mol. The van der Waals surface area contributed by atoms with Gasteiger partial charge in [0.1, 0.15) is 11.5 Å². The van der Waals surface area contributed by atoms with Gasteiger partial charge in [0, 0.05) is 5.56 Å². The molecule has 3 aromatic rings. The van der Waals surface area contributed by atoms with Crippen molar-refractivity contribution in [2.45, 2.75) is 19.0 Å². The molecule has 0 atom stereocenters. The Bertz CT molecular complexity index is 860. The third-order valence-electron chi connectivity index (χ3n) is 3.48. The van der Waals surface area contributed by atoms with E-state index in [1.54, 1.807) is 24.3 Å². The highest BCUT2D eigenvalue weighted by Crippen LogP contribution is 2.21. The third kappa shape index (κ3) is 4.86. The maximum Gasteiger partial charge on any atom is 0.321 e. The standard InChI is InChI=1S/C19H19N3O3S/c1-3-24-15-8-10-16(11-9-15)25-17(23)12-26-19-20-18(21-22-19)14-6-4-13(2)5-7-14/h4-11H,3,12H2,1-2H3,(H,20,21,22). The number of aryl methyl sites for hydroxylation is 1. The van der Waals surface area contributed by atoms with Crippen molar-refractivity contribution in [2.75, 3.05) is 12.4 Å². The van der Waals surface area contributed by atoms with Crippen LogP contribution in [0.1, 0.15) is 12.5 Å². The van der Waals surface area contributed by atoms with Gasteiger partial charge in [-0.3, -0.25) is 9.89 Å². The van der Waals surface area contributed by atoms with Gasteiger partial charge in [-0.05, 0) is 38.1 Å². The second kappa shape index (κ2) is 8.53. The highest BCUT2D eigenvalue weighted by atomic mass is 32.2. The summed E-state index contributed by atoms with van der Waals surface area (Å²) in [6.07, 6.45) is 0. The highest BCUT2D eigenvalue weighted by molar-refractivity contribution is 7.99. The van der Waals surface area contributed by atoms with Crippen LogP contribution in [0.3, 0.4) is 0 Å². The SMILES string of the molecule is CCOc1ccc(OC(=O)CSc2n[nH]c(-c3ccc(C)cc3)n2)cc1. The zero-order chi connectivity index (χ0) is 18.4. The first-order valence-electron chi connectivity index (χ1n) is 8.20. The van der Waals surface area contributed by atoms with Crippen LogP contribution in [0.2, 0.25) is 0 Å². The number of ether oxygens (including phenoxy) is 2. The molecule has 134 valence electrons. The number of hydrogen-bond acceptors (Lipinski definition) is 6. The number of H-pyrrole nitrogens is 1. The van der Waals surface area contributed by atoms with Gasteiger partial charge in [-0.25, -0.2) is 4.98 Å². The van der Waals surface area contributed by atoms with Crippen LogP contribution in [-0.4, -0.2) is 33.5 Å². The van der Waals surface area contributed by atoms with E-state index < -0.39 is 0 Å². The Labute approximate surface area is 155 Å². The van der Waals surface area contributed by atoms with Gasteiger partial charge < -0.3 is 9.47 Å². The van der Waals surface area contributed by atoms with Gasteiger partial charge in [0.25, 0.3) is 0 Å². The van der Waals surface area contributed by atoms with Crippen LogP contribution in [0.15, 0.2) is 53.7 Å². The van der Waals surface area contributed by atoms with Crippen molar-refractivity contribution in [1.82, 2.24) is 15.2 Å². The summed E-state index contributed by atoms with van der Waals surface area (Å²) in [5.41, 5.74) is 2.13. The lowest BCUT2D eigenvalue weighted by atomic mass is 10.1. The van der Waals surface area contributed by atoms with Crippen molar-refractivity contribution >= 4 is 17.7 Å². The molecule has 2 aromatic carbocycles. The molecule has 1 aromatic heterocycles. The number of carbonyl (C=O) groups excluding carboxylic acids is 1. The molecule has 0 saturated carbocycles. The molecule has 0 spiro atoms. The van der Waals surface area contributed by atoms with E-state index in [0.29, 0.717) is 23.3 Å². The average Bonchev–Trinajstić information content (AvgIpc) is 3.11. The Morgan fingerprint density at radius 1 is 1.08 bits per heavy atom. The molecular formula is C19H19N3O3S. The molecule has 6 nitrogen and oxygen atoms in total. The minimum atomic E-state index is -0.360. The van der Waals surface area contributed by atoms with E-state index in [4.69, 9.17) is 9.47 Å². The molecule has 7 heteroatoms. The third-order valence-corrected chi connectivity index (χ3v) is 4.30. The summed E-state index contributed by atoms with van der Waals surface area (Å²) in [7, 11) is 0. The van der Waals surface area contributed by atoms with E-state index in [-0.39, 0.29) is 11.7 Å². The Kier molecular flexibility index (Phi) is 5.91. The van der Waals surface area contributed by atoms with E-state index in [2.05, 4.69) is 15.2 Å². The minimum absolute atomic E-state index is 0.123. The zero-order valence-corrected chi connectivity index (χ0v) is 15.4. The molecule has 0 unspecified atom stereocenters. The smallest absolute Gasteiger partial charge is 0.321 e. The molecule has 0 aliphatic rings. The topological polar surface area (TPSA) is 77.1 Å². The summed E-state index contributed by atoms with van der Waals surface area (Å²) in [5, 5.41) is 7.52. The first kappa shape index (κ1) is 18.0. The van der Waals surface area contributed by atoms with Crippen molar-refractivity contribution in [3.05, 3.63) is 54.1 Å². The fourth-order valence-electron chi connectivity index (χ4n) is 2.21. The number of benzene rings is 2. The summed E-state index contributed by atoms with van der Waals surface area (Å²) < 4.78 is 10.6. The molecule has 1 heterocycles. The van der Waals surface area contributed by atoms with Crippen molar-refractivity contribution in [2.24, 2.45) is 0 Å². The predicted molar refractivity (Wildman–Crippen MR) is 101 cm³/mol. The highest BCUT2D eigenvalue weighted by Gasteiger charge is 2.11. The molecule has 0 fully saturated rings. The number of aromatic amines is 1. The second-order valence-electron chi connectivity index (χ2n) is 5.50. The van der Waals surface area contributed by atoms with Crippen molar-refractivity contribution in [1.29, 1.82) is 0 Å². The summed E-state index contributed by atoms with van der Waals surface area (Å²) in [6, 6.07) is 14.9. The lowest BCUT2D eigenvalue weighted by molar-refractivity contribution is -0.131. The van der Waals surface area contributed by atoms with Crippen LogP contribution in [-0.2, 0) is 4.79 Å². The van der Waals surface area contributed by atoms with Gasteiger partial charge in [0.2, 0.25) is 5.16 Å². The van der Waals surface area contributed by atoms with E-state index in [0.717, 1.165) is 11.3 Å². The first-order valence-corrected chi connectivity index (χ1v) is 9.18. The fraction of sp³-hybridized carbons (Fsp3) is 0.211. The number of carbonyl (C=O) groups is 1. The van der Waals surface area contributed by atoms with Gasteiger partial charge in [-0.15, -0.1) is 5.10 Å². The Morgan fingerprint density at radius 2 is 1.77 bits per heavy atom. The number of hydrogen-bond donors (Lipinski definition) is 1. The molecule has 3 rings (SSSR count). The number of thioether (sulfide) groups is 1. The molecule has 0 saturated heterocycles. The molecule has 0 aliphatic carbocycles. The molecule has 0 bridgehead atoms. The monoisotopic (exact) mass is 369 g/mol.